The molecule has 0 atom stereocenters. The second-order valence-electron chi connectivity index (χ2n) is 7.93. The van der Waals surface area contributed by atoms with E-state index in [2.05, 4.69) is 11.9 Å². The molecule has 1 aromatic carbocycles. The Morgan fingerprint density at radius 1 is 1.00 bits per heavy atom. The summed E-state index contributed by atoms with van der Waals surface area (Å²) in [7, 11) is -1.41. The molecule has 1 amide bonds. The molecule has 7 heteroatoms. The molecule has 27 heavy (non-hydrogen) atoms. The van der Waals surface area contributed by atoms with Crippen LogP contribution in [0.4, 0.5) is 0 Å². The molecular weight excluding hydrogens is 362 g/mol. The number of aryl methyl sites for hydroxylation is 2. The highest BCUT2D eigenvalue weighted by atomic mass is 32.2. The van der Waals surface area contributed by atoms with E-state index in [1.54, 1.807) is 10.4 Å². The van der Waals surface area contributed by atoms with E-state index >= 15 is 0 Å². The van der Waals surface area contributed by atoms with Gasteiger partial charge >= 0.3 is 0 Å². The molecule has 3 rings (SSSR count). The average Bonchev–Trinajstić information content (AvgIpc) is 2.85. The molecule has 2 fully saturated rings. The van der Waals surface area contributed by atoms with Crippen LogP contribution in [0.2, 0.25) is 0 Å². The van der Waals surface area contributed by atoms with Crippen LogP contribution in [0.5, 0.6) is 0 Å². The molecule has 1 aromatic rings. The van der Waals surface area contributed by atoms with Crippen molar-refractivity contribution in [1.29, 1.82) is 0 Å². The fourth-order valence-corrected chi connectivity index (χ4v) is 5.77. The molecule has 0 aliphatic carbocycles. The molecule has 2 aliphatic rings. The van der Waals surface area contributed by atoms with Crippen molar-refractivity contribution in [2.24, 2.45) is 5.92 Å². The highest BCUT2D eigenvalue weighted by Crippen LogP contribution is 2.27. The van der Waals surface area contributed by atoms with Crippen LogP contribution >= 0.6 is 0 Å². The lowest BCUT2D eigenvalue weighted by Crippen LogP contribution is -2.45. The Balaban J connectivity index is 1.63. The zero-order valence-corrected chi connectivity index (χ0v) is 17.5. The van der Waals surface area contributed by atoms with Gasteiger partial charge in [0.15, 0.2) is 0 Å². The van der Waals surface area contributed by atoms with E-state index in [4.69, 9.17) is 0 Å². The molecule has 0 aromatic heterocycles. The third-order valence-corrected chi connectivity index (χ3v) is 7.84. The molecule has 0 N–H and O–H groups in total. The first-order valence-electron chi connectivity index (χ1n) is 9.84. The molecule has 0 unspecified atom stereocenters. The standard InChI is InChI=1S/C20H31N3O3S/c1-16-5-6-19(17(2)15-16)27(25,26)23-11-7-18(8-12-23)20(24)22-10-4-9-21(3)13-14-22/h5-6,15,18H,4,7-14H2,1-3H3. The highest BCUT2D eigenvalue weighted by Gasteiger charge is 2.34. The number of hydrogen-bond acceptors (Lipinski definition) is 4. The molecule has 2 saturated heterocycles. The summed E-state index contributed by atoms with van der Waals surface area (Å²) in [6.45, 7) is 8.15. The van der Waals surface area contributed by atoms with Gasteiger partial charge in [0, 0.05) is 38.6 Å². The maximum Gasteiger partial charge on any atom is 0.243 e. The third-order valence-electron chi connectivity index (χ3n) is 5.78. The van der Waals surface area contributed by atoms with E-state index in [0.717, 1.165) is 43.7 Å². The summed E-state index contributed by atoms with van der Waals surface area (Å²) < 4.78 is 27.6. The maximum absolute atomic E-state index is 13.0. The Labute approximate surface area is 163 Å². The molecule has 0 bridgehead atoms. The smallest absolute Gasteiger partial charge is 0.243 e. The van der Waals surface area contributed by atoms with Gasteiger partial charge in [0.05, 0.1) is 4.90 Å². The molecule has 0 spiro atoms. The van der Waals surface area contributed by atoms with Crippen LogP contribution < -0.4 is 0 Å². The van der Waals surface area contributed by atoms with Crippen LogP contribution in [0.1, 0.15) is 30.4 Å². The second-order valence-corrected chi connectivity index (χ2v) is 9.84. The van der Waals surface area contributed by atoms with Gasteiger partial charge in [0.1, 0.15) is 0 Å². The Hall–Kier alpha value is -1.44. The molecule has 0 saturated carbocycles. The van der Waals surface area contributed by atoms with Crippen LogP contribution in [0, 0.1) is 19.8 Å². The Morgan fingerprint density at radius 3 is 2.37 bits per heavy atom. The molecule has 0 radical (unpaired) electrons. The zero-order chi connectivity index (χ0) is 19.6. The number of benzene rings is 1. The molecule has 2 aliphatic heterocycles. The predicted octanol–water partition coefficient (Wildman–Crippen LogP) is 1.87. The van der Waals surface area contributed by atoms with Crippen molar-refractivity contribution in [2.75, 3.05) is 46.3 Å². The third kappa shape index (κ3) is 4.52. The van der Waals surface area contributed by atoms with Crippen molar-refractivity contribution in [2.45, 2.75) is 38.0 Å². The monoisotopic (exact) mass is 393 g/mol. The van der Waals surface area contributed by atoms with Crippen LogP contribution in [0.15, 0.2) is 23.1 Å². The minimum absolute atomic E-state index is 0.0565. The maximum atomic E-state index is 13.0. The summed E-state index contributed by atoms with van der Waals surface area (Å²) in [5.41, 5.74) is 1.83. The Kier molecular flexibility index (Phi) is 6.23. The molecular formula is C20H31N3O3S. The lowest BCUT2D eigenvalue weighted by Gasteiger charge is -2.33. The summed E-state index contributed by atoms with van der Waals surface area (Å²) in [5.74, 6) is 0.146. The fraction of sp³-hybridized carbons (Fsp3) is 0.650. The van der Waals surface area contributed by atoms with Gasteiger partial charge in [0.2, 0.25) is 15.9 Å². The lowest BCUT2D eigenvalue weighted by atomic mass is 9.96. The highest BCUT2D eigenvalue weighted by molar-refractivity contribution is 7.89. The average molecular weight is 394 g/mol. The minimum atomic E-state index is -3.49. The quantitative estimate of drug-likeness (QED) is 0.787. The first-order valence-corrected chi connectivity index (χ1v) is 11.3. The number of carbonyl (C=O) groups excluding carboxylic acids is 1. The van der Waals surface area contributed by atoms with E-state index in [-0.39, 0.29) is 11.8 Å². The first-order chi connectivity index (χ1) is 12.8. The SMILES string of the molecule is Cc1ccc(S(=O)(=O)N2CCC(C(=O)N3CCCN(C)CC3)CC2)c(C)c1. The number of nitrogens with zero attached hydrogens (tertiary/aromatic N) is 3. The fourth-order valence-electron chi connectivity index (χ4n) is 4.10. The number of piperidine rings is 1. The zero-order valence-electron chi connectivity index (χ0n) is 16.6. The van der Waals surface area contributed by atoms with Gasteiger partial charge in [-0.15, -0.1) is 0 Å². The van der Waals surface area contributed by atoms with Crippen molar-refractivity contribution in [3.63, 3.8) is 0 Å². The van der Waals surface area contributed by atoms with Gasteiger partial charge < -0.3 is 9.80 Å². The van der Waals surface area contributed by atoms with Gasteiger partial charge in [0.25, 0.3) is 0 Å². The summed E-state index contributed by atoms with van der Waals surface area (Å²) in [6.07, 6.45) is 2.22. The van der Waals surface area contributed by atoms with Crippen LogP contribution in [0.3, 0.4) is 0 Å². The normalized spacial score (nSPS) is 21.2. The van der Waals surface area contributed by atoms with E-state index in [0.29, 0.717) is 30.8 Å². The van der Waals surface area contributed by atoms with Gasteiger partial charge in [-0.3, -0.25) is 4.79 Å². The van der Waals surface area contributed by atoms with E-state index in [1.807, 2.05) is 30.9 Å². The molecule has 6 nitrogen and oxygen atoms in total. The van der Waals surface area contributed by atoms with Crippen molar-refractivity contribution in [1.82, 2.24) is 14.1 Å². The number of hydrogen-bond donors (Lipinski definition) is 0. The number of rotatable bonds is 3. The van der Waals surface area contributed by atoms with Crippen LogP contribution in [-0.4, -0.2) is 74.7 Å². The summed E-state index contributed by atoms with van der Waals surface area (Å²) in [4.78, 5) is 17.5. The van der Waals surface area contributed by atoms with Gasteiger partial charge in [-0.05, 0) is 58.3 Å². The molecule has 2 heterocycles. The summed E-state index contributed by atoms with van der Waals surface area (Å²) in [5, 5.41) is 0. The van der Waals surface area contributed by atoms with Gasteiger partial charge in [-0.25, -0.2) is 8.42 Å². The van der Waals surface area contributed by atoms with Gasteiger partial charge in [-0.1, -0.05) is 17.7 Å². The summed E-state index contributed by atoms with van der Waals surface area (Å²) in [6, 6.07) is 5.44. The number of carbonyl (C=O) groups is 1. The van der Waals surface area contributed by atoms with E-state index in [1.165, 1.54) is 0 Å². The summed E-state index contributed by atoms with van der Waals surface area (Å²) >= 11 is 0. The second kappa shape index (κ2) is 8.29. The predicted molar refractivity (Wildman–Crippen MR) is 106 cm³/mol. The largest absolute Gasteiger partial charge is 0.341 e. The first kappa shape index (κ1) is 20.3. The van der Waals surface area contributed by atoms with Crippen LogP contribution in [-0.2, 0) is 14.8 Å². The van der Waals surface area contributed by atoms with Crippen LogP contribution in [0.25, 0.3) is 0 Å². The number of likely N-dealkylation sites (N-methyl/N-ethyl adjacent to an activating group) is 1. The molecule has 150 valence electrons. The van der Waals surface area contributed by atoms with E-state index in [9.17, 15) is 13.2 Å². The lowest BCUT2D eigenvalue weighted by molar-refractivity contribution is -0.136. The van der Waals surface area contributed by atoms with Gasteiger partial charge in [-0.2, -0.15) is 4.31 Å². The number of sulfonamides is 1. The minimum Gasteiger partial charge on any atom is -0.341 e. The topological polar surface area (TPSA) is 60.9 Å². The Bertz CT molecular complexity index is 786. The van der Waals surface area contributed by atoms with Crippen molar-refractivity contribution < 1.29 is 13.2 Å². The van der Waals surface area contributed by atoms with Crippen molar-refractivity contribution in [3.8, 4) is 0 Å². The van der Waals surface area contributed by atoms with E-state index < -0.39 is 10.0 Å². The van der Waals surface area contributed by atoms with Crippen molar-refractivity contribution >= 4 is 15.9 Å². The number of amides is 1. The Morgan fingerprint density at radius 2 is 1.70 bits per heavy atom. The van der Waals surface area contributed by atoms with Crippen molar-refractivity contribution in [3.05, 3.63) is 29.3 Å².